The van der Waals surface area contributed by atoms with Crippen LogP contribution in [0.2, 0.25) is 10.0 Å². The van der Waals surface area contributed by atoms with Gasteiger partial charge in [-0.25, -0.2) is 8.42 Å². The van der Waals surface area contributed by atoms with Gasteiger partial charge in [0.25, 0.3) is 10.0 Å². The molecule has 1 N–H and O–H groups in total. The number of nitrogens with zero attached hydrogens (tertiary/aromatic N) is 1. The second-order valence-corrected chi connectivity index (χ2v) is 9.80. The van der Waals surface area contributed by atoms with Crippen molar-refractivity contribution >= 4 is 38.9 Å². The van der Waals surface area contributed by atoms with E-state index in [2.05, 4.69) is 0 Å². The number of benzene rings is 2. The number of hydrogen-bond acceptors (Lipinski definition) is 3. The molecule has 2 rings (SSSR count). The second-order valence-electron chi connectivity index (χ2n) is 7.12. The van der Waals surface area contributed by atoms with Gasteiger partial charge in [-0.05, 0) is 48.7 Å². The van der Waals surface area contributed by atoms with Crippen LogP contribution in [-0.2, 0) is 15.6 Å². The number of anilines is 1. The minimum absolute atomic E-state index is 0.0280. The van der Waals surface area contributed by atoms with Gasteiger partial charge < -0.3 is 5.11 Å². The van der Waals surface area contributed by atoms with E-state index in [1.807, 2.05) is 0 Å². The molecule has 2 aromatic carbocycles. The Labute approximate surface area is 177 Å². The van der Waals surface area contributed by atoms with Crippen LogP contribution in [0.4, 0.5) is 18.9 Å². The molecule has 0 amide bonds. The molecular weight excluding hydrogens is 450 g/mol. The maximum Gasteiger partial charge on any atom is 0.421 e. The van der Waals surface area contributed by atoms with E-state index in [9.17, 15) is 26.7 Å². The van der Waals surface area contributed by atoms with Crippen molar-refractivity contribution in [2.24, 2.45) is 5.92 Å². The van der Waals surface area contributed by atoms with Crippen molar-refractivity contribution in [3.8, 4) is 0 Å². The van der Waals surface area contributed by atoms with Crippen molar-refractivity contribution in [3.05, 3.63) is 58.1 Å². The Morgan fingerprint density at radius 3 is 2.10 bits per heavy atom. The molecule has 10 heteroatoms. The third kappa shape index (κ3) is 4.99. The van der Waals surface area contributed by atoms with Crippen LogP contribution >= 0.6 is 23.2 Å². The third-order valence-electron chi connectivity index (χ3n) is 4.26. The number of alkyl halides is 3. The Bertz CT molecular complexity index is 975. The number of halogens is 5. The van der Waals surface area contributed by atoms with Gasteiger partial charge in [-0.1, -0.05) is 49.2 Å². The molecule has 160 valence electrons. The van der Waals surface area contributed by atoms with Crippen molar-refractivity contribution in [1.29, 1.82) is 0 Å². The van der Waals surface area contributed by atoms with E-state index in [0.717, 1.165) is 16.4 Å². The molecule has 1 atom stereocenters. The summed E-state index contributed by atoms with van der Waals surface area (Å²) in [6, 6.07) is 8.55. The van der Waals surface area contributed by atoms with Crippen molar-refractivity contribution in [2.45, 2.75) is 37.4 Å². The molecular formula is C19H20Cl2F3NO3S. The Balaban J connectivity index is 2.55. The standard InChI is InChI=1S/C19H20Cl2F3NO3S/c1-12(2)11-25(29(27,28)17-10-14(20)6-9-16(17)21)15-7-4-13(5-8-15)18(3,26)19(22,23)24/h4-10,12,26H,11H2,1-3H3. The number of hydrogen-bond donors (Lipinski definition) is 1. The largest absolute Gasteiger partial charge is 0.421 e. The van der Waals surface area contributed by atoms with E-state index in [-0.39, 0.29) is 33.1 Å². The molecule has 0 aliphatic heterocycles. The van der Waals surface area contributed by atoms with E-state index in [0.29, 0.717) is 6.92 Å². The van der Waals surface area contributed by atoms with E-state index in [1.54, 1.807) is 13.8 Å². The van der Waals surface area contributed by atoms with Crippen molar-refractivity contribution < 1.29 is 26.7 Å². The second kappa shape index (κ2) is 8.34. The Hall–Kier alpha value is -1.48. The normalized spacial score (nSPS) is 14.7. The highest BCUT2D eigenvalue weighted by molar-refractivity contribution is 7.93. The third-order valence-corrected chi connectivity index (χ3v) is 6.77. The van der Waals surface area contributed by atoms with Gasteiger partial charge in [0.1, 0.15) is 4.90 Å². The van der Waals surface area contributed by atoms with Gasteiger partial charge in [0.05, 0.1) is 10.7 Å². The zero-order chi connectivity index (χ0) is 22.2. The lowest BCUT2D eigenvalue weighted by molar-refractivity contribution is -0.258. The summed E-state index contributed by atoms with van der Waals surface area (Å²) in [6.07, 6.45) is -4.88. The van der Waals surface area contributed by atoms with Gasteiger partial charge >= 0.3 is 6.18 Å². The van der Waals surface area contributed by atoms with E-state index in [4.69, 9.17) is 23.2 Å². The quantitative estimate of drug-likeness (QED) is 0.597. The molecule has 1 unspecified atom stereocenters. The molecule has 0 bridgehead atoms. The molecule has 0 spiro atoms. The first kappa shape index (κ1) is 23.8. The average molecular weight is 470 g/mol. The van der Waals surface area contributed by atoms with E-state index >= 15 is 0 Å². The zero-order valence-electron chi connectivity index (χ0n) is 15.8. The van der Waals surface area contributed by atoms with E-state index in [1.165, 1.54) is 30.3 Å². The highest BCUT2D eigenvalue weighted by Gasteiger charge is 2.51. The number of rotatable bonds is 6. The summed E-state index contributed by atoms with van der Waals surface area (Å²) in [5.41, 5.74) is -3.34. The first-order valence-electron chi connectivity index (χ1n) is 8.55. The summed E-state index contributed by atoms with van der Waals surface area (Å²) in [5.74, 6) is -0.0966. The molecule has 4 nitrogen and oxygen atoms in total. The summed E-state index contributed by atoms with van der Waals surface area (Å²) in [7, 11) is -4.15. The molecule has 0 fully saturated rings. The van der Waals surface area contributed by atoms with Crippen LogP contribution in [0.25, 0.3) is 0 Å². The zero-order valence-corrected chi connectivity index (χ0v) is 18.2. The predicted molar refractivity (Wildman–Crippen MR) is 108 cm³/mol. The monoisotopic (exact) mass is 469 g/mol. The van der Waals surface area contributed by atoms with Gasteiger partial charge in [-0.15, -0.1) is 0 Å². The lowest BCUT2D eigenvalue weighted by atomic mass is 9.95. The van der Waals surface area contributed by atoms with Gasteiger partial charge in [-0.2, -0.15) is 13.2 Å². The molecule has 2 aromatic rings. The Morgan fingerprint density at radius 1 is 1.07 bits per heavy atom. The molecule has 29 heavy (non-hydrogen) atoms. The fourth-order valence-corrected chi connectivity index (χ4v) is 4.95. The van der Waals surface area contributed by atoms with Crippen LogP contribution in [0.3, 0.4) is 0 Å². The number of aliphatic hydroxyl groups is 1. The van der Waals surface area contributed by atoms with Gasteiger partial charge in [0.15, 0.2) is 5.60 Å². The van der Waals surface area contributed by atoms with Crippen LogP contribution in [-0.4, -0.2) is 26.2 Å². The van der Waals surface area contributed by atoms with Gasteiger partial charge in [0, 0.05) is 11.6 Å². The fraction of sp³-hybridized carbons (Fsp3) is 0.368. The van der Waals surface area contributed by atoms with E-state index < -0.39 is 27.4 Å². The molecule has 0 aliphatic carbocycles. The lowest BCUT2D eigenvalue weighted by Crippen LogP contribution is -2.39. The first-order valence-corrected chi connectivity index (χ1v) is 10.7. The van der Waals surface area contributed by atoms with Crippen LogP contribution < -0.4 is 4.31 Å². The lowest BCUT2D eigenvalue weighted by Gasteiger charge is -2.29. The SMILES string of the molecule is CC(C)CN(c1ccc(C(C)(O)C(F)(F)F)cc1)S(=O)(=O)c1cc(Cl)ccc1Cl. The highest BCUT2D eigenvalue weighted by Crippen LogP contribution is 2.39. The molecule has 0 heterocycles. The molecule has 0 aromatic heterocycles. The van der Waals surface area contributed by atoms with Crippen LogP contribution in [0.1, 0.15) is 26.3 Å². The Kier molecular flexibility index (Phi) is 6.84. The average Bonchev–Trinajstić information content (AvgIpc) is 2.60. The summed E-state index contributed by atoms with van der Waals surface area (Å²) in [6.45, 7) is 4.28. The minimum atomic E-state index is -4.88. The summed E-state index contributed by atoms with van der Waals surface area (Å²) in [5, 5.41) is 9.96. The summed E-state index contributed by atoms with van der Waals surface area (Å²) >= 11 is 12.0. The fourth-order valence-electron chi connectivity index (χ4n) is 2.58. The Morgan fingerprint density at radius 2 is 1.62 bits per heavy atom. The molecule has 0 saturated carbocycles. The van der Waals surface area contributed by atoms with Crippen LogP contribution in [0, 0.1) is 5.92 Å². The van der Waals surface area contributed by atoms with Crippen molar-refractivity contribution in [2.75, 3.05) is 10.8 Å². The first-order chi connectivity index (χ1) is 13.2. The highest BCUT2D eigenvalue weighted by atomic mass is 35.5. The van der Waals surface area contributed by atoms with Gasteiger partial charge in [-0.3, -0.25) is 4.31 Å². The maximum atomic E-state index is 13.2. The van der Waals surface area contributed by atoms with Crippen LogP contribution in [0.15, 0.2) is 47.4 Å². The maximum absolute atomic E-state index is 13.2. The topological polar surface area (TPSA) is 57.6 Å². The minimum Gasteiger partial charge on any atom is -0.376 e. The molecule has 0 radical (unpaired) electrons. The smallest absolute Gasteiger partial charge is 0.376 e. The number of sulfonamides is 1. The van der Waals surface area contributed by atoms with Gasteiger partial charge in [0.2, 0.25) is 0 Å². The summed E-state index contributed by atoms with van der Waals surface area (Å²) < 4.78 is 66.7. The van der Waals surface area contributed by atoms with Crippen molar-refractivity contribution in [1.82, 2.24) is 0 Å². The molecule has 0 saturated heterocycles. The summed E-state index contributed by atoms with van der Waals surface area (Å²) in [4.78, 5) is -0.210. The predicted octanol–water partition coefficient (Wildman–Crippen LogP) is 5.61. The molecule has 0 aliphatic rings. The van der Waals surface area contributed by atoms with Crippen LogP contribution in [0.5, 0.6) is 0 Å². The van der Waals surface area contributed by atoms with Crippen molar-refractivity contribution in [3.63, 3.8) is 0 Å².